The lowest BCUT2D eigenvalue weighted by Gasteiger charge is -2.37. The molecule has 1 rings (SSSR count). The monoisotopic (exact) mass is 460 g/mol. The van der Waals surface area contributed by atoms with Crippen LogP contribution in [0.3, 0.4) is 0 Å². The molecule has 186 valence electrons. The van der Waals surface area contributed by atoms with Gasteiger partial charge in [-0.3, -0.25) is 4.57 Å². The van der Waals surface area contributed by atoms with Crippen LogP contribution in [0, 0.1) is 0 Å². The smallest absolute Gasteiger partial charge is 0.328 e. The normalized spacial score (nSPS) is 19.9. The maximum absolute atomic E-state index is 12.8. The summed E-state index contributed by atoms with van der Waals surface area (Å²) in [4.78, 5) is 0. The van der Waals surface area contributed by atoms with Crippen molar-refractivity contribution in [1.29, 1.82) is 0 Å². The van der Waals surface area contributed by atoms with E-state index in [0.717, 1.165) is 43.3 Å². The number of hydrogen-bond donors (Lipinski definition) is 0. The molecule has 0 radical (unpaired) electrons. The number of likely N-dealkylation sites (tertiary alicyclic amines) is 1. The largest absolute Gasteiger partial charge is 0.328 e. The third-order valence-corrected chi connectivity index (χ3v) is 8.21. The van der Waals surface area contributed by atoms with Gasteiger partial charge in [0.1, 0.15) is 0 Å². The Bertz CT molecular complexity index is 473. The van der Waals surface area contributed by atoms with Gasteiger partial charge < -0.3 is 13.5 Å². The molecule has 0 bridgehead atoms. The van der Waals surface area contributed by atoms with Crippen LogP contribution in [-0.4, -0.2) is 50.5 Å². The van der Waals surface area contributed by atoms with Gasteiger partial charge in [0.05, 0.1) is 39.4 Å². The highest BCUT2D eigenvalue weighted by atomic mass is 31.2. The fourth-order valence-corrected chi connectivity index (χ4v) is 6.21. The van der Waals surface area contributed by atoms with Gasteiger partial charge in [0.15, 0.2) is 0 Å². The molecule has 4 nitrogen and oxygen atoms in total. The number of quaternary nitrogens is 1. The highest BCUT2D eigenvalue weighted by Crippen LogP contribution is 2.48. The van der Waals surface area contributed by atoms with Gasteiger partial charge in [0.25, 0.3) is 0 Å². The summed E-state index contributed by atoms with van der Waals surface area (Å²) in [5.74, 6) is 0. The molecular weight excluding hydrogens is 405 g/mol. The van der Waals surface area contributed by atoms with Crippen LogP contribution < -0.4 is 0 Å². The van der Waals surface area contributed by atoms with Crippen LogP contribution in [0.15, 0.2) is 0 Å². The first-order valence-electron chi connectivity index (χ1n) is 13.5. The van der Waals surface area contributed by atoms with Crippen molar-refractivity contribution in [3.05, 3.63) is 0 Å². The van der Waals surface area contributed by atoms with Crippen molar-refractivity contribution in [2.75, 3.05) is 33.8 Å². The second kappa shape index (κ2) is 16.7. The molecule has 0 aliphatic carbocycles. The van der Waals surface area contributed by atoms with E-state index in [1.54, 1.807) is 6.66 Å². The Hall–Kier alpha value is 0.110. The zero-order valence-corrected chi connectivity index (χ0v) is 22.6. The minimum Gasteiger partial charge on any atom is -0.328 e. The molecule has 31 heavy (non-hydrogen) atoms. The number of rotatable bonds is 19. The average molecular weight is 461 g/mol. The van der Waals surface area contributed by atoms with E-state index >= 15 is 0 Å². The molecule has 0 saturated carbocycles. The first-order valence-corrected chi connectivity index (χ1v) is 15.5. The molecule has 1 heterocycles. The van der Waals surface area contributed by atoms with Gasteiger partial charge in [0.2, 0.25) is 0 Å². The molecule has 0 aromatic carbocycles. The Kier molecular flexibility index (Phi) is 15.7. The van der Waals surface area contributed by atoms with Crippen LogP contribution in [0.5, 0.6) is 0 Å². The minimum atomic E-state index is -2.95. The van der Waals surface area contributed by atoms with Gasteiger partial charge in [-0.05, 0) is 13.3 Å². The van der Waals surface area contributed by atoms with E-state index in [2.05, 4.69) is 21.0 Å². The summed E-state index contributed by atoms with van der Waals surface area (Å²) in [7, 11) is 1.54. The molecule has 0 aromatic heterocycles. The van der Waals surface area contributed by atoms with E-state index in [1.807, 2.05) is 6.92 Å². The average Bonchev–Trinajstić information content (AvgIpc) is 2.69. The van der Waals surface area contributed by atoms with Crippen LogP contribution in [0.1, 0.15) is 123 Å². The Morgan fingerprint density at radius 3 is 1.68 bits per heavy atom. The second-order valence-corrected chi connectivity index (χ2v) is 12.7. The van der Waals surface area contributed by atoms with Crippen molar-refractivity contribution in [3.63, 3.8) is 0 Å². The Labute approximate surface area is 195 Å². The SMILES string of the molecule is CCCCCCCCCCCCCCCCC(C)OP(C)(=O)OC1CC[N+](C)(C)CC1. The van der Waals surface area contributed by atoms with Crippen molar-refractivity contribution < 1.29 is 18.1 Å². The molecule has 0 amide bonds. The molecule has 1 fully saturated rings. The maximum Gasteiger partial charge on any atom is 0.328 e. The molecule has 5 heteroatoms. The van der Waals surface area contributed by atoms with Gasteiger partial charge >= 0.3 is 7.60 Å². The zero-order valence-electron chi connectivity index (χ0n) is 21.7. The maximum atomic E-state index is 12.8. The van der Waals surface area contributed by atoms with Crippen LogP contribution in [0.2, 0.25) is 0 Å². The van der Waals surface area contributed by atoms with Gasteiger partial charge in [-0.2, -0.15) is 0 Å². The van der Waals surface area contributed by atoms with Crippen LogP contribution >= 0.6 is 7.60 Å². The highest BCUT2D eigenvalue weighted by Gasteiger charge is 2.32. The molecule has 0 aromatic rings. The first-order chi connectivity index (χ1) is 14.7. The van der Waals surface area contributed by atoms with E-state index in [4.69, 9.17) is 9.05 Å². The van der Waals surface area contributed by atoms with Crippen LogP contribution in [0.25, 0.3) is 0 Å². The van der Waals surface area contributed by atoms with Crippen molar-refractivity contribution in [2.24, 2.45) is 0 Å². The predicted octanol–water partition coefficient (Wildman–Crippen LogP) is 8.34. The van der Waals surface area contributed by atoms with Crippen molar-refractivity contribution in [3.8, 4) is 0 Å². The van der Waals surface area contributed by atoms with E-state index in [1.165, 1.54) is 83.5 Å². The quantitative estimate of drug-likeness (QED) is 0.110. The molecule has 1 saturated heterocycles. The van der Waals surface area contributed by atoms with Crippen molar-refractivity contribution >= 4 is 7.60 Å². The predicted molar refractivity (Wildman–Crippen MR) is 135 cm³/mol. The summed E-state index contributed by atoms with van der Waals surface area (Å²) >= 11 is 0. The van der Waals surface area contributed by atoms with Crippen LogP contribution in [0.4, 0.5) is 0 Å². The lowest BCUT2D eigenvalue weighted by atomic mass is 10.0. The molecular formula is C26H55NO3P+. The number of hydrogen-bond acceptors (Lipinski definition) is 3. The molecule has 1 aliphatic heterocycles. The summed E-state index contributed by atoms with van der Waals surface area (Å²) in [5.41, 5.74) is 0. The third kappa shape index (κ3) is 16.4. The Morgan fingerprint density at radius 2 is 1.23 bits per heavy atom. The number of piperidine rings is 1. The van der Waals surface area contributed by atoms with E-state index in [9.17, 15) is 4.57 Å². The number of unbranched alkanes of at least 4 members (excludes halogenated alkanes) is 13. The zero-order chi connectivity index (χ0) is 23.0. The van der Waals surface area contributed by atoms with Gasteiger partial charge in [-0.1, -0.05) is 96.8 Å². The molecule has 2 unspecified atom stereocenters. The lowest BCUT2D eigenvalue weighted by molar-refractivity contribution is -0.896. The summed E-state index contributed by atoms with van der Waals surface area (Å²) in [6, 6.07) is 0. The van der Waals surface area contributed by atoms with E-state index in [0.29, 0.717) is 0 Å². The molecule has 0 N–H and O–H groups in total. The summed E-state index contributed by atoms with van der Waals surface area (Å²) in [6.45, 7) is 8.15. The van der Waals surface area contributed by atoms with Crippen molar-refractivity contribution in [1.82, 2.24) is 0 Å². The molecule has 0 spiro atoms. The van der Waals surface area contributed by atoms with Crippen LogP contribution in [-0.2, 0) is 13.6 Å². The molecule has 2 atom stereocenters. The standard InChI is InChI=1S/C26H55NO3P/c1-6-7-8-9-10-11-12-13-14-15-16-17-18-19-20-25(2)29-31(5,28)30-26-21-23-27(3,4)24-22-26/h25-26H,6-24H2,1-5H3/q+1. The van der Waals surface area contributed by atoms with Crippen molar-refractivity contribution in [2.45, 2.75) is 135 Å². The lowest BCUT2D eigenvalue weighted by Crippen LogP contribution is -2.47. The topological polar surface area (TPSA) is 35.5 Å². The number of nitrogens with zero attached hydrogens (tertiary/aromatic N) is 1. The fourth-order valence-electron chi connectivity index (χ4n) is 4.65. The minimum absolute atomic E-state index is 0.0176. The first kappa shape index (κ1) is 29.1. The Balaban J connectivity index is 1.94. The molecule has 1 aliphatic rings. The summed E-state index contributed by atoms with van der Waals surface area (Å²) in [6.07, 6.45) is 22.3. The van der Waals surface area contributed by atoms with E-state index < -0.39 is 7.60 Å². The highest BCUT2D eigenvalue weighted by molar-refractivity contribution is 7.53. The second-order valence-electron chi connectivity index (χ2n) is 10.8. The third-order valence-electron chi connectivity index (χ3n) is 6.79. The Morgan fingerprint density at radius 1 is 0.806 bits per heavy atom. The van der Waals surface area contributed by atoms with Gasteiger partial charge in [-0.15, -0.1) is 0 Å². The fraction of sp³-hybridized carbons (Fsp3) is 1.00. The summed E-state index contributed by atoms with van der Waals surface area (Å²) in [5, 5.41) is 0. The van der Waals surface area contributed by atoms with Gasteiger partial charge in [0, 0.05) is 19.5 Å². The summed E-state index contributed by atoms with van der Waals surface area (Å²) < 4.78 is 25.5. The van der Waals surface area contributed by atoms with E-state index in [-0.39, 0.29) is 12.2 Å². The van der Waals surface area contributed by atoms with Gasteiger partial charge in [-0.25, -0.2) is 0 Å².